The van der Waals surface area contributed by atoms with E-state index in [1.165, 1.54) is 38.8 Å². The van der Waals surface area contributed by atoms with Gasteiger partial charge in [0.25, 0.3) is 0 Å². The number of likely N-dealkylation sites (tertiary alicyclic amines) is 1. The zero-order chi connectivity index (χ0) is 13.8. The van der Waals surface area contributed by atoms with Gasteiger partial charge in [-0.1, -0.05) is 0 Å². The van der Waals surface area contributed by atoms with Crippen LogP contribution >= 0.6 is 0 Å². The zero-order valence-electron chi connectivity index (χ0n) is 12.4. The van der Waals surface area contributed by atoms with Gasteiger partial charge in [-0.25, -0.2) is 4.98 Å². The molecule has 0 radical (unpaired) electrons. The summed E-state index contributed by atoms with van der Waals surface area (Å²) in [5.74, 6) is 1.81. The second-order valence-electron chi connectivity index (χ2n) is 5.73. The summed E-state index contributed by atoms with van der Waals surface area (Å²) in [6.45, 7) is 7.75. The van der Waals surface area contributed by atoms with Crippen molar-refractivity contribution >= 4 is 11.8 Å². The Labute approximate surface area is 121 Å². The highest BCUT2D eigenvalue weighted by atomic mass is 15.3. The molecule has 2 aliphatic rings. The Hall–Kier alpha value is -1.36. The predicted molar refractivity (Wildman–Crippen MR) is 82.2 cm³/mol. The van der Waals surface area contributed by atoms with Crippen molar-refractivity contribution in [2.75, 3.05) is 42.9 Å². The van der Waals surface area contributed by atoms with Crippen molar-refractivity contribution in [3.63, 3.8) is 0 Å². The molecule has 0 bridgehead atoms. The molecule has 5 nitrogen and oxygen atoms in total. The van der Waals surface area contributed by atoms with Crippen LogP contribution in [0, 0.1) is 0 Å². The van der Waals surface area contributed by atoms with Gasteiger partial charge >= 0.3 is 0 Å². The molecule has 0 spiro atoms. The number of anilines is 2. The first kappa shape index (κ1) is 13.6. The minimum atomic E-state index is 0.783. The molecule has 20 heavy (non-hydrogen) atoms. The largest absolute Gasteiger partial charge is 0.370 e. The van der Waals surface area contributed by atoms with E-state index in [0.717, 1.165) is 37.4 Å². The van der Waals surface area contributed by atoms with Crippen molar-refractivity contribution < 1.29 is 0 Å². The van der Waals surface area contributed by atoms with Crippen molar-refractivity contribution in [2.24, 2.45) is 0 Å². The van der Waals surface area contributed by atoms with Gasteiger partial charge in [-0.2, -0.15) is 4.98 Å². The molecule has 110 valence electrons. The first-order chi connectivity index (χ1) is 9.86. The Balaban J connectivity index is 1.58. The van der Waals surface area contributed by atoms with E-state index in [-0.39, 0.29) is 0 Å². The van der Waals surface area contributed by atoms with E-state index in [2.05, 4.69) is 32.0 Å². The van der Waals surface area contributed by atoms with Crippen molar-refractivity contribution in [3.05, 3.63) is 12.3 Å². The molecule has 0 saturated carbocycles. The second kappa shape index (κ2) is 6.39. The van der Waals surface area contributed by atoms with E-state index in [9.17, 15) is 0 Å². The molecule has 1 N–H and O–H groups in total. The second-order valence-corrected chi connectivity index (χ2v) is 5.73. The van der Waals surface area contributed by atoms with Crippen molar-refractivity contribution in [2.45, 2.75) is 38.6 Å². The minimum absolute atomic E-state index is 0.783. The summed E-state index contributed by atoms with van der Waals surface area (Å²) < 4.78 is 0. The van der Waals surface area contributed by atoms with Crippen LogP contribution in [0.5, 0.6) is 0 Å². The van der Waals surface area contributed by atoms with Gasteiger partial charge < -0.3 is 15.1 Å². The van der Waals surface area contributed by atoms with Gasteiger partial charge in [0.05, 0.1) is 0 Å². The van der Waals surface area contributed by atoms with Gasteiger partial charge in [-0.3, -0.25) is 0 Å². The van der Waals surface area contributed by atoms with Crippen LogP contribution in [0.25, 0.3) is 0 Å². The Kier molecular flexibility index (Phi) is 4.35. The van der Waals surface area contributed by atoms with Crippen molar-refractivity contribution in [1.29, 1.82) is 0 Å². The fourth-order valence-corrected chi connectivity index (χ4v) is 3.32. The van der Waals surface area contributed by atoms with Gasteiger partial charge in [0.1, 0.15) is 5.82 Å². The highest BCUT2D eigenvalue weighted by Crippen LogP contribution is 2.23. The normalized spacial score (nSPS) is 21.4. The van der Waals surface area contributed by atoms with Crippen LogP contribution in [0.2, 0.25) is 0 Å². The third kappa shape index (κ3) is 3.03. The molecule has 5 heteroatoms. The summed E-state index contributed by atoms with van der Waals surface area (Å²) in [6, 6.07) is 2.72. The Morgan fingerprint density at radius 1 is 1.20 bits per heavy atom. The minimum Gasteiger partial charge on any atom is -0.370 e. The third-order valence-electron chi connectivity index (χ3n) is 4.41. The topological polar surface area (TPSA) is 44.3 Å². The molecule has 0 aromatic carbocycles. The lowest BCUT2D eigenvalue weighted by molar-refractivity contribution is 0.207. The van der Waals surface area contributed by atoms with Crippen LogP contribution in [0.3, 0.4) is 0 Å². The Morgan fingerprint density at radius 3 is 2.65 bits per heavy atom. The van der Waals surface area contributed by atoms with Crippen molar-refractivity contribution in [1.82, 2.24) is 14.9 Å². The molecule has 2 saturated heterocycles. The van der Waals surface area contributed by atoms with E-state index in [0.29, 0.717) is 0 Å². The van der Waals surface area contributed by atoms with E-state index in [1.807, 2.05) is 12.3 Å². The quantitative estimate of drug-likeness (QED) is 0.910. The van der Waals surface area contributed by atoms with Crippen LogP contribution in [0.4, 0.5) is 11.8 Å². The summed E-state index contributed by atoms with van der Waals surface area (Å²) in [5.41, 5.74) is 0. The third-order valence-corrected chi connectivity index (χ3v) is 4.41. The van der Waals surface area contributed by atoms with Crippen molar-refractivity contribution in [3.8, 4) is 0 Å². The molecule has 3 rings (SSSR count). The standard InChI is InChI=1S/C15H25N5/c1-2-16-14-5-8-17-15(18-14)20-11-6-13(7-12-20)19-9-3-4-10-19/h5,8,13H,2-4,6-7,9-12H2,1H3,(H,16,17,18). The fraction of sp³-hybridized carbons (Fsp3) is 0.733. The Bertz CT molecular complexity index is 422. The molecular weight excluding hydrogens is 250 g/mol. The zero-order valence-corrected chi connectivity index (χ0v) is 12.4. The Morgan fingerprint density at radius 2 is 1.95 bits per heavy atom. The van der Waals surface area contributed by atoms with Crippen LogP contribution in [0.15, 0.2) is 12.3 Å². The summed E-state index contributed by atoms with van der Waals surface area (Å²) in [7, 11) is 0. The number of nitrogens with zero attached hydrogens (tertiary/aromatic N) is 4. The number of rotatable bonds is 4. The van der Waals surface area contributed by atoms with Crippen LogP contribution in [-0.2, 0) is 0 Å². The van der Waals surface area contributed by atoms with Gasteiger partial charge in [0.15, 0.2) is 0 Å². The van der Waals surface area contributed by atoms with E-state index in [1.54, 1.807) is 0 Å². The summed E-state index contributed by atoms with van der Waals surface area (Å²) in [5, 5.41) is 3.25. The number of aromatic nitrogens is 2. The van der Waals surface area contributed by atoms with E-state index >= 15 is 0 Å². The molecule has 1 aromatic heterocycles. The molecule has 0 unspecified atom stereocenters. The molecule has 0 amide bonds. The van der Waals surface area contributed by atoms with Crippen LogP contribution in [0.1, 0.15) is 32.6 Å². The highest BCUT2D eigenvalue weighted by molar-refractivity contribution is 5.41. The lowest BCUT2D eigenvalue weighted by Crippen LogP contribution is -2.44. The maximum absolute atomic E-state index is 4.60. The van der Waals surface area contributed by atoms with Gasteiger partial charge in [-0.15, -0.1) is 0 Å². The fourth-order valence-electron chi connectivity index (χ4n) is 3.32. The summed E-state index contributed by atoms with van der Waals surface area (Å²) in [6.07, 6.45) is 7.11. The summed E-state index contributed by atoms with van der Waals surface area (Å²) >= 11 is 0. The van der Waals surface area contributed by atoms with Gasteiger partial charge in [-0.05, 0) is 51.8 Å². The summed E-state index contributed by atoms with van der Waals surface area (Å²) in [4.78, 5) is 14.0. The number of hydrogen-bond donors (Lipinski definition) is 1. The average molecular weight is 275 g/mol. The number of hydrogen-bond acceptors (Lipinski definition) is 5. The highest BCUT2D eigenvalue weighted by Gasteiger charge is 2.27. The lowest BCUT2D eigenvalue weighted by atomic mass is 10.0. The maximum Gasteiger partial charge on any atom is 0.227 e. The van der Waals surface area contributed by atoms with Gasteiger partial charge in [0.2, 0.25) is 5.95 Å². The molecule has 0 atom stereocenters. The predicted octanol–water partition coefficient (Wildman–Crippen LogP) is 1.97. The molecular formula is C15H25N5. The van der Waals surface area contributed by atoms with Crippen LogP contribution in [-0.4, -0.2) is 53.6 Å². The average Bonchev–Trinajstić information content (AvgIpc) is 3.02. The van der Waals surface area contributed by atoms with E-state index < -0.39 is 0 Å². The lowest BCUT2D eigenvalue weighted by Gasteiger charge is -2.36. The molecule has 1 aromatic rings. The first-order valence-electron chi connectivity index (χ1n) is 7.92. The number of piperidine rings is 1. The van der Waals surface area contributed by atoms with Crippen LogP contribution < -0.4 is 10.2 Å². The van der Waals surface area contributed by atoms with Gasteiger partial charge in [0, 0.05) is 31.9 Å². The monoisotopic (exact) mass is 275 g/mol. The molecule has 2 aliphatic heterocycles. The number of nitrogens with one attached hydrogen (secondary N) is 1. The maximum atomic E-state index is 4.60. The molecule has 0 aliphatic carbocycles. The first-order valence-corrected chi connectivity index (χ1v) is 7.92. The molecule has 2 fully saturated rings. The SMILES string of the molecule is CCNc1ccnc(N2CCC(N3CCCC3)CC2)n1. The molecule has 3 heterocycles. The smallest absolute Gasteiger partial charge is 0.227 e. The van der Waals surface area contributed by atoms with E-state index in [4.69, 9.17) is 0 Å².